The van der Waals surface area contributed by atoms with Gasteiger partial charge in [-0.15, -0.1) is 0 Å². The van der Waals surface area contributed by atoms with Crippen LogP contribution >= 0.6 is 0 Å². The Morgan fingerprint density at radius 3 is 1.81 bits per heavy atom. The minimum absolute atomic E-state index is 0.0943. The Morgan fingerprint density at radius 2 is 1.19 bits per heavy atom. The van der Waals surface area contributed by atoms with E-state index in [1.54, 1.807) is 0 Å². The van der Waals surface area contributed by atoms with Crippen LogP contribution in [0.25, 0.3) is 11.4 Å². The normalized spacial score (nSPS) is 13.7. The van der Waals surface area contributed by atoms with E-state index < -0.39 is 9.84 Å². The van der Waals surface area contributed by atoms with Crippen molar-refractivity contribution in [3.63, 3.8) is 0 Å². The third kappa shape index (κ3) is 5.70. The molecule has 4 rings (SSSR count). The van der Waals surface area contributed by atoms with E-state index in [9.17, 15) is 8.42 Å². The molecule has 1 aliphatic heterocycles. The Labute approximate surface area is 184 Å². The lowest BCUT2D eigenvalue weighted by Crippen LogP contribution is -2.12. The molecule has 5 heteroatoms. The Hall–Kier alpha value is -3.18. The van der Waals surface area contributed by atoms with E-state index in [0.717, 1.165) is 40.3 Å². The first-order valence-electron chi connectivity index (χ1n) is 10.5. The van der Waals surface area contributed by atoms with Gasteiger partial charge in [0.2, 0.25) is 0 Å². The van der Waals surface area contributed by atoms with Gasteiger partial charge in [-0.05, 0) is 18.4 Å². The summed E-state index contributed by atoms with van der Waals surface area (Å²) < 4.78 is 24.8. The standard InChI is InChI=1S/C26H25N2O2S/c29-31(30,20-21-12-4-1-5-13-21)19-11-10-18-24-27-25(22-14-6-2-7-15-22)26(28-24)23-16-8-3-9-17-23/h1-9,12-17H,10-11,18-20H2. The maximum absolute atomic E-state index is 12.4. The molecule has 0 fully saturated rings. The first-order chi connectivity index (χ1) is 15.1. The van der Waals surface area contributed by atoms with E-state index in [2.05, 4.69) is 0 Å². The van der Waals surface area contributed by atoms with E-state index in [-0.39, 0.29) is 11.5 Å². The highest BCUT2D eigenvalue weighted by atomic mass is 32.2. The first-order valence-corrected chi connectivity index (χ1v) is 12.3. The molecule has 0 atom stereocenters. The highest BCUT2D eigenvalue weighted by Gasteiger charge is 2.22. The van der Waals surface area contributed by atoms with E-state index in [1.807, 2.05) is 91.0 Å². The fraction of sp³-hybridized carbons (Fsp3) is 0.192. The maximum atomic E-state index is 12.4. The third-order valence-corrected chi connectivity index (χ3v) is 6.82. The zero-order chi connectivity index (χ0) is 21.5. The summed E-state index contributed by atoms with van der Waals surface area (Å²) in [5.74, 6) is 1.04. The van der Waals surface area contributed by atoms with Gasteiger partial charge < -0.3 is 0 Å². The predicted octanol–water partition coefficient (Wildman–Crippen LogP) is 5.31. The van der Waals surface area contributed by atoms with Gasteiger partial charge in [0.15, 0.2) is 9.84 Å². The molecule has 0 N–H and O–H groups in total. The lowest BCUT2D eigenvalue weighted by molar-refractivity contribution is 0.591. The summed E-state index contributed by atoms with van der Waals surface area (Å²) in [4.78, 5) is 4.80. The number of aliphatic imine (C=N–C) groups is 1. The SMILES string of the molecule is O=S(=O)(CCCCC1=NC(c2ccccc2)=C(c2ccccc2)[N]1)Cc1ccccc1. The second-order valence-corrected chi connectivity index (χ2v) is 9.79. The van der Waals surface area contributed by atoms with Gasteiger partial charge in [0.05, 0.1) is 22.9 Å². The van der Waals surface area contributed by atoms with Crippen LogP contribution in [0.1, 0.15) is 36.0 Å². The van der Waals surface area contributed by atoms with Gasteiger partial charge in [0, 0.05) is 17.5 Å². The summed E-state index contributed by atoms with van der Waals surface area (Å²) in [6.07, 6.45) is 2.00. The lowest BCUT2D eigenvalue weighted by Gasteiger charge is -2.06. The molecule has 1 heterocycles. The van der Waals surface area contributed by atoms with Crippen molar-refractivity contribution in [2.45, 2.75) is 25.0 Å². The summed E-state index contributed by atoms with van der Waals surface area (Å²) >= 11 is 0. The summed E-state index contributed by atoms with van der Waals surface area (Å²) in [5.41, 5.74) is 4.65. The summed E-state index contributed by atoms with van der Waals surface area (Å²) in [7, 11) is -3.12. The van der Waals surface area contributed by atoms with Crippen LogP contribution in [0.2, 0.25) is 0 Å². The molecule has 0 unspecified atom stereocenters. The van der Waals surface area contributed by atoms with Crippen molar-refractivity contribution in [2.24, 2.45) is 4.99 Å². The molecule has 157 valence electrons. The van der Waals surface area contributed by atoms with Crippen LogP contribution in [0.4, 0.5) is 0 Å². The molecule has 1 aliphatic rings. The zero-order valence-corrected chi connectivity index (χ0v) is 18.1. The van der Waals surface area contributed by atoms with Crippen molar-refractivity contribution in [1.82, 2.24) is 5.32 Å². The minimum atomic E-state index is -3.12. The topological polar surface area (TPSA) is 60.6 Å². The van der Waals surface area contributed by atoms with Crippen LogP contribution in [-0.4, -0.2) is 20.0 Å². The fourth-order valence-corrected chi connectivity index (χ4v) is 5.09. The number of unbranched alkanes of at least 4 members (excludes halogenated alkanes) is 1. The largest absolute Gasteiger partial charge is 0.231 e. The Bertz CT molecular complexity index is 1170. The molecule has 1 radical (unpaired) electrons. The molecular formula is C26H25N2O2S. The zero-order valence-electron chi connectivity index (χ0n) is 17.3. The van der Waals surface area contributed by atoms with Gasteiger partial charge in [-0.1, -0.05) is 91.0 Å². The monoisotopic (exact) mass is 429 g/mol. The first kappa shape index (κ1) is 21.1. The number of hydrogen-bond donors (Lipinski definition) is 0. The van der Waals surface area contributed by atoms with Crippen LogP contribution in [0.5, 0.6) is 0 Å². The van der Waals surface area contributed by atoms with Crippen molar-refractivity contribution < 1.29 is 8.42 Å². The van der Waals surface area contributed by atoms with E-state index >= 15 is 0 Å². The second-order valence-electron chi connectivity index (χ2n) is 7.60. The summed E-state index contributed by atoms with van der Waals surface area (Å²) in [6, 6.07) is 29.4. The summed E-state index contributed by atoms with van der Waals surface area (Å²) in [6.45, 7) is 0. The number of rotatable bonds is 9. The molecule has 31 heavy (non-hydrogen) atoms. The van der Waals surface area contributed by atoms with Gasteiger partial charge >= 0.3 is 0 Å². The molecule has 0 saturated carbocycles. The lowest BCUT2D eigenvalue weighted by atomic mass is 10.1. The Morgan fingerprint density at radius 1 is 0.645 bits per heavy atom. The number of benzene rings is 3. The van der Waals surface area contributed by atoms with Crippen molar-refractivity contribution in [2.75, 3.05) is 5.75 Å². The van der Waals surface area contributed by atoms with Crippen LogP contribution in [-0.2, 0) is 15.6 Å². The van der Waals surface area contributed by atoms with Gasteiger partial charge in [-0.25, -0.2) is 18.7 Å². The average Bonchev–Trinajstić information content (AvgIpc) is 3.23. The van der Waals surface area contributed by atoms with E-state index in [4.69, 9.17) is 10.3 Å². The van der Waals surface area contributed by atoms with Crippen molar-refractivity contribution >= 4 is 27.1 Å². The van der Waals surface area contributed by atoms with E-state index in [0.29, 0.717) is 12.8 Å². The smallest absolute Gasteiger partial charge is 0.154 e. The molecule has 0 aliphatic carbocycles. The van der Waals surface area contributed by atoms with E-state index in [1.165, 1.54) is 0 Å². The quantitative estimate of drug-likeness (QED) is 0.433. The minimum Gasteiger partial charge on any atom is -0.231 e. The second kappa shape index (κ2) is 9.75. The molecule has 0 amide bonds. The van der Waals surface area contributed by atoms with Crippen molar-refractivity contribution in [3.8, 4) is 0 Å². The molecule has 0 bridgehead atoms. The van der Waals surface area contributed by atoms with Crippen LogP contribution in [0.15, 0.2) is 96.0 Å². The number of hydrogen-bond acceptors (Lipinski definition) is 3. The molecule has 0 aromatic heterocycles. The Kier molecular flexibility index (Phi) is 6.63. The maximum Gasteiger partial charge on any atom is 0.154 e. The van der Waals surface area contributed by atoms with Gasteiger partial charge in [-0.3, -0.25) is 0 Å². The molecule has 0 saturated heterocycles. The number of sulfone groups is 1. The van der Waals surface area contributed by atoms with Gasteiger partial charge in [0.1, 0.15) is 5.84 Å². The predicted molar refractivity (Wildman–Crippen MR) is 127 cm³/mol. The van der Waals surface area contributed by atoms with Crippen LogP contribution < -0.4 is 5.32 Å². The molecule has 0 spiro atoms. The molecule has 3 aromatic rings. The highest BCUT2D eigenvalue weighted by molar-refractivity contribution is 7.90. The molecule has 3 aromatic carbocycles. The molecular weight excluding hydrogens is 404 g/mol. The number of amidine groups is 1. The van der Waals surface area contributed by atoms with Crippen molar-refractivity contribution in [1.29, 1.82) is 0 Å². The van der Waals surface area contributed by atoms with Crippen LogP contribution in [0, 0.1) is 0 Å². The third-order valence-electron chi connectivity index (χ3n) is 5.14. The molecule has 4 nitrogen and oxygen atoms in total. The Balaban J connectivity index is 1.38. The fourth-order valence-electron chi connectivity index (χ4n) is 3.60. The highest BCUT2D eigenvalue weighted by Crippen LogP contribution is 2.31. The average molecular weight is 430 g/mol. The van der Waals surface area contributed by atoms with Gasteiger partial charge in [0.25, 0.3) is 0 Å². The number of nitrogens with zero attached hydrogens (tertiary/aromatic N) is 2. The summed E-state index contributed by atoms with van der Waals surface area (Å²) in [5, 5.41) is 4.80. The van der Waals surface area contributed by atoms with Gasteiger partial charge in [-0.2, -0.15) is 0 Å². The van der Waals surface area contributed by atoms with Crippen molar-refractivity contribution in [3.05, 3.63) is 108 Å². The van der Waals surface area contributed by atoms with Crippen LogP contribution in [0.3, 0.4) is 0 Å².